The van der Waals surface area contributed by atoms with Crippen LogP contribution in [-0.4, -0.2) is 36.4 Å². The van der Waals surface area contributed by atoms with Gasteiger partial charge in [-0.3, -0.25) is 0 Å². The lowest BCUT2D eigenvalue weighted by Crippen LogP contribution is -2.47. The van der Waals surface area contributed by atoms with E-state index in [4.69, 9.17) is 5.73 Å². The molecule has 0 bridgehead atoms. The molecule has 0 aromatic rings. The van der Waals surface area contributed by atoms with Crippen molar-refractivity contribution in [1.82, 2.24) is 10.6 Å². The third-order valence-electron chi connectivity index (χ3n) is 4.11. The fourth-order valence-electron chi connectivity index (χ4n) is 2.75. The minimum absolute atomic E-state index is 0.220. The van der Waals surface area contributed by atoms with Crippen LogP contribution in [-0.2, 0) is 0 Å². The number of hydrogen-bond donors (Lipinski definition) is 4. The lowest BCUT2D eigenvalue weighted by Gasteiger charge is -2.27. The van der Waals surface area contributed by atoms with E-state index in [-0.39, 0.29) is 18.6 Å². The highest BCUT2D eigenvalue weighted by molar-refractivity contribution is 5.73. The van der Waals surface area contributed by atoms with Crippen LogP contribution in [0.3, 0.4) is 0 Å². The Bertz CT molecular complexity index is 268. The van der Waals surface area contributed by atoms with E-state index < -0.39 is 6.10 Å². The largest absolute Gasteiger partial charge is 0.390 e. The van der Waals surface area contributed by atoms with Crippen molar-refractivity contribution < 1.29 is 9.90 Å². The van der Waals surface area contributed by atoms with Crippen molar-refractivity contribution in [3.63, 3.8) is 0 Å². The predicted octanol–water partition coefficient (Wildman–Crippen LogP) is 1.74. The third-order valence-corrected chi connectivity index (χ3v) is 4.11. The summed E-state index contributed by atoms with van der Waals surface area (Å²) in [6, 6.07) is -0.462. The molecule has 118 valence electrons. The summed E-state index contributed by atoms with van der Waals surface area (Å²) < 4.78 is 0. The number of nitrogens with one attached hydrogen (secondary N) is 2. The molecule has 2 amide bonds. The second-order valence-electron chi connectivity index (χ2n) is 5.96. The lowest BCUT2D eigenvalue weighted by atomic mass is 9.84. The second-order valence-corrected chi connectivity index (χ2v) is 5.96. The summed E-state index contributed by atoms with van der Waals surface area (Å²) in [5.74, 6) is 0.645. The summed E-state index contributed by atoms with van der Waals surface area (Å²) in [4.78, 5) is 11.5. The Morgan fingerprint density at radius 3 is 2.65 bits per heavy atom. The number of rotatable bonds is 8. The van der Waals surface area contributed by atoms with Gasteiger partial charge in [-0.05, 0) is 18.8 Å². The summed E-state index contributed by atoms with van der Waals surface area (Å²) in [5.41, 5.74) is 6.03. The van der Waals surface area contributed by atoms with Gasteiger partial charge in [0.05, 0.1) is 6.10 Å². The van der Waals surface area contributed by atoms with Gasteiger partial charge >= 0.3 is 6.03 Å². The number of carbonyl (C=O) groups is 1. The summed E-state index contributed by atoms with van der Waals surface area (Å²) in [6.45, 7) is 2.98. The Morgan fingerprint density at radius 2 is 2.00 bits per heavy atom. The SMILES string of the molecule is CCCCNC(=O)NC[C@H](O)[C@@H](N)CC1CCCCC1. The molecule has 0 aromatic heterocycles. The maximum atomic E-state index is 11.5. The fraction of sp³-hybridized carbons (Fsp3) is 0.933. The van der Waals surface area contributed by atoms with Gasteiger partial charge in [0.15, 0.2) is 0 Å². The second kappa shape index (κ2) is 10.00. The van der Waals surface area contributed by atoms with Crippen molar-refractivity contribution in [2.45, 2.75) is 70.4 Å². The molecule has 20 heavy (non-hydrogen) atoms. The zero-order chi connectivity index (χ0) is 14.8. The number of carbonyl (C=O) groups excluding carboxylic acids is 1. The summed E-state index contributed by atoms with van der Waals surface area (Å²) in [6.07, 6.45) is 8.57. The topological polar surface area (TPSA) is 87.4 Å². The molecule has 1 rings (SSSR count). The summed E-state index contributed by atoms with van der Waals surface area (Å²) in [5, 5.41) is 15.4. The minimum Gasteiger partial charge on any atom is -0.390 e. The minimum atomic E-state index is -0.658. The molecular weight excluding hydrogens is 254 g/mol. The molecule has 0 aliphatic heterocycles. The smallest absolute Gasteiger partial charge is 0.314 e. The van der Waals surface area contributed by atoms with Crippen molar-refractivity contribution in [3.05, 3.63) is 0 Å². The molecule has 1 aliphatic rings. The van der Waals surface area contributed by atoms with Crippen molar-refractivity contribution in [2.24, 2.45) is 11.7 Å². The van der Waals surface area contributed by atoms with Gasteiger partial charge in [-0.1, -0.05) is 45.4 Å². The highest BCUT2D eigenvalue weighted by atomic mass is 16.3. The van der Waals surface area contributed by atoms with E-state index in [9.17, 15) is 9.90 Å². The number of urea groups is 1. The normalized spacial score (nSPS) is 19.4. The van der Waals surface area contributed by atoms with Gasteiger partial charge < -0.3 is 21.5 Å². The van der Waals surface area contributed by atoms with E-state index in [1.165, 1.54) is 32.1 Å². The first kappa shape index (κ1) is 17.2. The van der Waals surface area contributed by atoms with Crippen LogP contribution in [0.25, 0.3) is 0 Å². The van der Waals surface area contributed by atoms with Gasteiger partial charge in [-0.2, -0.15) is 0 Å². The molecule has 2 atom stereocenters. The molecule has 0 spiro atoms. The van der Waals surface area contributed by atoms with Crippen LogP contribution in [0.2, 0.25) is 0 Å². The molecule has 5 nitrogen and oxygen atoms in total. The number of aliphatic hydroxyl groups excluding tert-OH is 1. The quantitative estimate of drug-likeness (QED) is 0.512. The molecule has 5 N–H and O–H groups in total. The Balaban J connectivity index is 2.13. The highest BCUT2D eigenvalue weighted by Gasteiger charge is 2.21. The van der Waals surface area contributed by atoms with Gasteiger partial charge in [0, 0.05) is 19.1 Å². The van der Waals surface area contributed by atoms with Crippen LogP contribution in [0.5, 0.6) is 0 Å². The zero-order valence-corrected chi connectivity index (χ0v) is 12.7. The molecule has 1 saturated carbocycles. The number of unbranched alkanes of at least 4 members (excludes halogenated alkanes) is 1. The Hall–Kier alpha value is -0.810. The molecule has 0 radical (unpaired) electrons. The van der Waals surface area contributed by atoms with Crippen molar-refractivity contribution in [3.8, 4) is 0 Å². The van der Waals surface area contributed by atoms with Crippen LogP contribution >= 0.6 is 0 Å². The average molecular weight is 285 g/mol. The summed E-state index contributed by atoms with van der Waals surface area (Å²) in [7, 11) is 0. The molecule has 5 heteroatoms. The van der Waals surface area contributed by atoms with E-state index in [2.05, 4.69) is 17.6 Å². The van der Waals surface area contributed by atoms with E-state index in [0.29, 0.717) is 12.5 Å². The molecular formula is C15H31N3O2. The Morgan fingerprint density at radius 1 is 1.30 bits per heavy atom. The Kier molecular flexibility index (Phi) is 8.62. The van der Waals surface area contributed by atoms with Crippen LogP contribution < -0.4 is 16.4 Å². The van der Waals surface area contributed by atoms with Crippen LogP contribution in [0.4, 0.5) is 4.79 Å². The molecule has 0 unspecified atom stereocenters. The molecule has 0 saturated heterocycles. The van der Waals surface area contributed by atoms with Gasteiger partial charge in [-0.25, -0.2) is 4.79 Å². The van der Waals surface area contributed by atoms with Crippen LogP contribution in [0.1, 0.15) is 58.3 Å². The van der Waals surface area contributed by atoms with Gasteiger partial charge in [0.2, 0.25) is 0 Å². The van der Waals surface area contributed by atoms with Crippen LogP contribution in [0.15, 0.2) is 0 Å². The van der Waals surface area contributed by atoms with Gasteiger partial charge in [0.1, 0.15) is 0 Å². The first-order valence-corrected chi connectivity index (χ1v) is 8.08. The van der Waals surface area contributed by atoms with Crippen LogP contribution in [0, 0.1) is 5.92 Å². The number of amides is 2. The monoisotopic (exact) mass is 285 g/mol. The molecule has 0 heterocycles. The van der Waals surface area contributed by atoms with E-state index >= 15 is 0 Å². The van der Waals surface area contributed by atoms with E-state index in [1.807, 2.05) is 0 Å². The maximum Gasteiger partial charge on any atom is 0.314 e. The summed E-state index contributed by atoms with van der Waals surface area (Å²) >= 11 is 0. The van der Waals surface area contributed by atoms with Gasteiger partial charge in [0.25, 0.3) is 0 Å². The first-order chi connectivity index (χ1) is 9.63. The first-order valence-electron chi connectivity index (χ1n) is 8.08. The third kappa shape index (κ3) is 7.10. The van der Waals surface area contributed by atoms with Crippen molar-refractivity contribution >= 4 is 6.03 Å². The standard InChI is InChI=1S/C15H31N3O2/c1-2-3-9-17-15(20)18-11-14(19)13(16)10-12-7-5-4-6-8-12/h12-14,19H,2-11,16H2,1H3,(H2,17,18,20)/t13-,14-/m0/s1. The average Bonchev–Trinajstić information content (AvgIpc) is 2.46. The number of hydrogen-bond acceptors (Lipinski definition) is 3. The van der Waals surface area contributed by atoms with E-state index in [0.717, 1.165) is 19.3 Å². The van der Waals surface area contributed by atoms with Crippen molar-refractivity contribution in [2.75, 3.05) is 13.1 Å². The fourth-order valence-corrected chi connectivity index (χ4v) is 2.75. The number of nitrogens with two attached hydrogens (primary N) is 1. The zero-order valence-electron chi connectivity index (χ0n) is 12.7. The number of aliphatic hydroxyl groups is 1. The highest BCUT2D eigenvalue weighted by Crippen LogP contribution is 2.27. The van der Waals surface area contributed by atoms with Gasteiger partial charge in [-0.15, -0.1) is 0 Å². The Labute approximate surface area is 122 Å². The van der Waals surface area contributed by atoms with Crippen molar-refractivity contribution in [1.29, 1.82) is 0 Å². The lowest BCUT2D eigenvalue weighted by molar-refractivity contribution is 0.126. The molecule has 1 aliphatic carbocycles. The predicted molar refractivity (Wildman–Crippen MR) is 81.5 cm³/mol. The van der Waals surface area contributed by atoms with E-state index in [1.54, 1.807) is 0 Å². The molecule has 0 aromatic carbocycles. The maximum absolute atomic E-state index is 11.5. The molecule has 1 fully saturated rings.